The third-order valence-corrected chi connectivity index (χ3v) is 2.63. The number of ether oxygens (including phenoxy) is 1. The van der Waals surface area contributed by atoms with E-state index in [4.69, 9.17) is 4.74 Å². The maximum Gasteiger partial charge on any atom is 0.247 e. The number of hydrogen-bond acceptors (Lipinski definition) is 3. The van der Waals surface area contributed by atoms with Crippen molar-refractivity contribution in [3.05, 3.63) is 23.5 Å². The molecule has 0 spiro atoms. The molecule has 2 rings (SSSR count). The van der Waals surface area contributed by atoms with Crippen LogP contribution >= 0.6 is 0 Å². The lowest BCUT2D eigenvalue weighted by Gasteiger charge is -2.27. The van der Waals surface area contributed by atoms with Crippen LogP contribution in [0.15, 0.2) is 12.3 Å². The second-order valence-electron chi connectivity index (χ2n) is 5.09. The molecule has 0 atom stereocenters. The summed E-state index contributed by atoms with van der Waals surface area (Å²) in [6.07, 6.45) is 1.64. The van der Waals surface area contributed by atoms with Crippen LogP contribution < -0.4 is 4.74 Å². The monoisotopic (exact) mass is 218 g/mol. The van der Waals surface area contributed by atoms with Gasteiger partial charge in [0.25, 0.3) is 0 Å². The fourth-order valence-electron chi connectivity index (χ4n) is 1.57. The van der Waals surface area contributed by atoms with Gasteiger partial charge >= 0.3 is 0 Å². The molecular formula is C11H15BN2O2. The van der Waals surface area contributed by atoms with Crippen LogP contribution in [0.25, 0.3) is 0 Å². The van der Waals surface area contributed by atoms with Gasteiger partial charge in [0.05, 0.1) is 11.8 Å². The SMILES string of the molecule is BN1COc2cnc(C(C)(C)C)cc2C1=O. The summed E-state index contributed by atoms with van der Waals surface area (Å²) in [5, 5.41) is 0. The molecule has 0 unspecified atom stereocenters. The smallest absolute Gasteiger partial charge is 0.247 e. The van der Waals surface area contributed by atoms with Gasteiger partial charge in [-0.15, -0.1) is 0 Å². The highest BCUT2D eigenvalue weighted by Gasteiger charge is 2.25. The molecular weight excluding hydrogens is 203 g/mol. The Balaban J connectivity index is 2.49. The largest absolute Gasteiger partial charge is 0.472 e. The van der Waals surface area contributed by atoms with E-state index < -0.39 is 0 Å². The van der Waals surface area contributed by atoms with Crippen molar-refractivity contribution >= 4 is 13.9 Å². The van der Waals surface area contributed by atoms with Crippen molar-refractivity contribution in [2.45, 2.75) is 26.2 Å². The zero-order valence-electron chi connectivity index (χ0n) is 10.1. The van der Waals surface area contributed by atoms with Crippen LogP contribution in [0.3, 0.4) is 0 Å². The van der Waals surface area contributed by atoms with Gasteiger partial charge in [0.2, 0.25) is 13.9 Å². The number of nitrogens with zero attached hydrogens (tertiary/aromatic N) is 2. The van der Waals surface area contributed by atoms with Gasteiger partial charge in [0.1, 0.15) is 0 Å². The van der Waals surface area contributed by atoms with Gasteiger partial charge in [-0.1, -0.05) is 20.8 Å². The van der Waals surface area contributed by atoms with Gasteiger partial charge in [-0.2, -0.15) is 0 Å². The average Bonchev–Trinajstić information content (AvgIpc) is 2.22. The quantitative estimate of drug-likeness (QED) is 0.602. The molecule has 1 aromatic rings. The number of fused-ring (bicyclic) bond motifs is 1. The Morgan fingerprint density at radius 3 is 2.81 bits per heavy atom. The number of hydrogen-bond donors (Lipinski definition) is 0. The average molecular weight is 218 g/mol. The normalized spacial score (nSPS) is 15.7. The van der Waals surface area contributed by atoms with E-state index in [0.717, 1.165) is 5.69 Å². The minimum absolute atomic E-state index is 0.00542. The molecule has 4 nitrogen and oxygen atoms in total. The predicted molar refractivity (Wildman–Crippen MR) is 63.1 cm³/mol. The summed E-state index contributed by atoms with van der Waals surface area (Å²) < 4.78 is 5.42. The van der Waals surface area contributed by atoms with Gasteiger partial charge in [0.15, 0.2) is 12.5 Å². The molecule has 84 valence electrons. The number of carbonyl (C=O) groups excluding carboxylic acids is 1. The first-order valence-corrected chi connectivity index (χ1v) is 5.28. The van der Waals surface area contributed by atoms with Crippen LogP contribution in [0.1, 0.15) is 36.8 Å². The Kier molecular flexibility index (Phi) is 2.41. The van der Waals surface area contributed by atoms with Crippen LogP contribution in [-0.2, 0) is 5.41 Å². The van der Waals surface area contributed by atoms with Gasteiger partial charge in [0, 0.05) is 11.1 Å². The molecule has 0 aliphatic carbocycles. The molecule has 0 fully saturated rings. The highest BCUT2D eigenvalue weighted by molar-refractivity contribution is 6.19. The molecule has 1 aliphatic heterocycles. The molecule has 0 N–H and O–H groups in total. The minimum Gasteiger partial charge on any atom is -0.472 e. The molecule has 1 aliphatic rings. The van der Waals surface area contributed by atoms with Gasteiger partial charge in [-0.25, -0.2) is 0 Å². The van der Waals surface area contributed by atoms with Gasteiger partial charge in [-0.05, 0) is 6.07 Å². The summed E-state index contributed by atoms with van der Waals surface area (Å²) in [5.74, 6) is 0.574. The molecule has 0 radical (unpaired) electrons. The van der Waals surface area contributed by atoms with E-state index in [1.807, 2.05) is 6.07 Å². The molecule has 0 saturated carbocycles. The molecule has 1 aromatic heterocycles. The second kappa shape index (κ2) is 3.51. The van der Waals surface area contributed by atoms with Crippen LogP contribution in [0, 0.1) is 0 Å². The van der Waals surface area contributed by atoms with Crippen molar-refractivity contribution in [1.82, 2.24) is 9.79 Å². The summed E-state index contributed by atoms with van der Waals surface area (Å²) in [4.78, 5) is 17.8. The number of aromatic nitrogens is 1. The molecule has 1 amide bonds. The van der Waals surface area contributed by atoms with Crippen molar-refractivity contribution in [2.24, 2.45) is 0 Å². The highest BCUT2D eigenvalue weighted by Crippen LogP contribution is 2.28. The molecule has 0 bridgehead atoms. The van der Waals surface area contributed by atoms with Crippen LogP contribution in [-0.4, -0.2) is 30.4 Å². The number of amides is 1. The third-order valence-electron chi connectivity index (χ3n) is 2.63. The molecule has 16 heavy (non-hydrogen) atoms. The first kappa shape index (κ1) is 11.0. The fraction of sp³-hybridized carbons (Fsp3) is 0.455. The van der Waals surface area contributed by atoms with Crippen molar-refractivity contribution < 1.29 is 9.53 Å². The summed E-state index contributed by atoms with van der Waals surface area (Å²) in [5.41, 5.74) is 1.44. The Labute approximate surface area is 96.0 Å². The number of carbonyl (C=O) groups is 1. The van der Waals surface area contributed by atoms with Crippen LogP contribution in [0.5, 0.6) is 5.75 Å². The predicted octanol–water partition coefficient (Wildman–Crippen LogP) is 0.719. The summed E-state index contributed by atoms with van der Waals surface area (Å²) >= 11 is 0. The zero-order chi connectivity index (χ0) is 11.9. The Bertz CT molecular complexity index is 440. The summed E-state index contributed by atoms with van der Waals surface area (Å²) in [6, 6.07) is 1.83. The van der Waals surface area contributed by atoms with Crippen LogP contribution in [0.2, 0.25) is 0 Å². The van der Waals surface area contributed by atoms with E-state index in [2.05, 4.69) is 25.8 Å². The number of pyridine rings is 1. The molecule has 0 saturated heterocycles. The van der Waals surface area contributed by atoms with E-state index in [-0.39, 0.29) is 11.3 Å². The van der Waals surface area contributed by atoms with E-state index in [1.165, 1.54) is 0 Å². The highest BCUT2D eigenvalue weighted by atomic mass is 16.5. The third kappa shape index (κ3) is 1.77. The Morgan fingerprint density at radius 2 is 2.19 bits per heavy atom. The van der Waals surface area contributed by atoms with Crippen molar-refractivity contribution in [2.75, 3.05) is 6.73 Å². The van der Waals surface area contributed by atoms with E-state index >= 15 is 0 Å². The van der Waals surface area contributed by atoms with Gasteiger partial charge in [-0.3, -0.25) is 9.78 Å². The molecule has 0 aromatic carbocycles. The van der Waals surface area contributed by atoms with Crippen molar-refractivity contribution in [3.8, 4) is 5.75 Å². The van der Waals surface area contributed by atoms with Crippen molar-refractivity contribution in [1.29, 1.82) is 0 Å². The Hall–Kier alpha value is -1.52. The lowest BCUT2D eigenvalue weighted by Crippen LogP contribution is -2.36. The minimum atomic E-state index is -0.0642. The first-order chi connectivity index (χ1) is 7.39. The second-order valence-corrected chi connectivity index (χ2v) is 5.09. The number of rotatable bonds is 0. The fourth-order valence-corrected chi connectivity index (χ4v) is 1.57. The molecule has 2 heterocycles. The lowest BCUT2D eigenvalue weighted by molar-refractivity contribution is 0.0721. The molecule has 5 heteroatoms. The van der Waals surface area contributed by atoms with Crippen molar-refractivity contribution in [3.63, 3.8) is 0 Å². The van der Waals surface area contributed by atoms with E-state index in [0.29, 0.717) is 18.0 Å². The maximum absolute atomic E-state index is 11.9. The summed E-state index contributed by atoms with van der Waals surface area (Å²) in [6.45, 7) is 6.50. The topological polar surface area (TPSA) is 42.4 Å². The lowest BCUT2D eigenvalue weighted by atomic mass is 9.90. The summed E-state index contributed by atoms with van der Waals surface area (Å²) in [7, 11) is 1.72. The standard InChI is InChI=1S/C11H15BN2O2/c1-11(2,3)9-4-7-8(5-13-9)16-6-14(12)10(7)15/h4-5H,6,12H2,1-3H3. The van der Waals surface area contributed by atoms with E-state index in [1.54, 1.807) is 19.0 Å². The van der Waals surface area contributed by atoms with Gasteiger partial charge < -0.3 is 9.55 Å². The van der Waals surface area contributed by atoms with E-state index in [9.17, 15) is 4.79 Å². The Morgan fingerprint density at radius 1 is 1.50 bits per heavy atom. The van der Waals surface area contributed by atoms with Crippen LogP contribution in [0.4, 0.5) is 0 Å². The first-order valence-electron chi connectivity index (χ1n) is 5.28. The maximum atomic E-state index is 11.9. The zero-order valence-corrected chi connectivity index (χ0v) is 10.1.